The van der Waals surface area contributed by atoms with Crippen LogP contribution in [0.2, 0.25) is 0 Å². The molecule has 1 aromatic carbocycles. The van der Waals surface area contributed by atoms with Crippen LogP contribution in [0.3, 0.4) is 0 Å². The van der Waals surface area contributed by atoms with E-state index in [2.05, 4.69) is 4.99 Å². The molecular formula is C11H13FN4OS. The van der Waals surface area contributed by atoms with Crippen molar-refractivity contribution in [1.82, 2.24) is 0 Å². The van der Waals surface area contributed by atoms with Crippen LogP contribution in [0.15, 0.2) is 23.2 Å². The number of nitrogens with two attached hydrogens (primary N) is 2. The smallest absolute Gasteiger partial charge is 0.193 e. The van der Waals surface area contributed by atoms with Crippen molar-refractivity contribution in [2.24, 2.45) is 16.5 Å². The van der Waals surface area contributed by atoms with Gasteiger partial charge >= 0.3 is 0 Å². The number of fused-ring (bicyclic) bond motifs is 1. The lowest BCUT2D eigenvalue weighted by atomic mass is 10.1. The molecule has 1 aliphatic heterocycles. The highest BCUT2D eigenvalue weighted by Crippen LogP contribution is 2.30. The van der Waals surface area contributed by atoms with E-state index in [9.17, 15) is 4.39 Å². The topological polar surface area (TPSA) is 97.5 Å². The van der Waals surface area contributed by atoms with Gasteiger partial charge in [0.1, 0.15) is 17.7 Å². The summed E-state index contributed by atoms with van der Waals surface area (Å²) in [5, 5.41) is 7.52. The van der Waals surface area contributed by atoms with Gasteiger partial charge in [0.2, 0.25) is 0 Å². The number of guanidine groups is 1. The molecule has 0 bridgehead atoms. The lowest BCUT2D eigenvalue weighted by Gasteiger charge is -2.08. The van der Waals surface area contributed by atoms with E-state index in [0.717, 1.165) is 5.56 Å². The minimum absolute atomic E-state index is 0.0423. The molecule has 18 heavy (non-hydrogen) atoms. The van der Waals surface area contributed by atoms with E-state index >= 15 is 0 Å². The molecule has 1 aromatic rings. The normalized spacial score (nSPS) is 16.8. The fourth-order valence-corrected chi connectivity index (χ4v) is 2.40. The Balaban J connectivity index is 1.88. The van der Waals surface area contributed by atoms with Crippen molar-refractivity contribution in [3.8, 4) is 5.75 Å². The molecule has 0 aliphatic carbocycles. The Kier molecular flexibility index (Phi) is 3.71. The van der Waals surface area contributed by atoms with Crippen molar-refractivity contribution in [2.75, 3.05) is 5.75 Å². The number of hydrogen-bond acceptors (Lipinski definition) is 3. The van der Waals surface area contributed by atoms with E-state index in [4.69, 9.17) is 21.6 Å². The molecule has 0 spiro atoms. The second-order valence-corrected chi connectivity index (χ2v) is 4.86. The Hall–Kier alpha value is -1.76. The Bertz CT molecular complexity index is 502. The van der Waals surface area contributed by atoms with Gasteiger partial charge in [-0.3, -0.25) is 5.41 Å². The Labute approximate surface area is 108 Å². The average molecular weight is 268 g/mol. The van der Waals surface area contributed by atoms with Crippen molar-refractivity contribution in [3.05, 3.63) is 29.6 Å². The van der Waals surface area contributed by atoms with Crippen molar-refractivity contribution in [1.29, 1.82) is 5.41 Å². The number of nitrogens with one attached hydrogen (secondary N) is 1. The van der Waals surface area contributed by atoms with Crippen molar-refractivity contribution in [3.63, 3.8) is 0 Å². The molecule has 7 heteroatoms. The molecule has 1 aliphatic rings. The van der Waals surface area contributed by atoms with E-state index in [1.54, 1.807) is 6.07 Å². The van der Waals surface area contributed by atoms with Crippen molar-refractivity contribution in [2.45, 2.75) is 12.5 Å². The van der Waals surface area contributed by atoms with Crippen LogP contribution in [0, 0.1) is 11.2 Å². The summed E-state index contributed by atoms with van der Waals surface area (Å²) >= 11 is 1.19. The number of benzene rings is 1. The number of hydrogen-bond donors (Lipinski definition) is 3. The van der Waals surface area contributed by atoms with Gasteiger partial charge < -0.3 is 16.2 Å². The number of nitrogens with zero attached hydrogens (tertiary/aromatic N) is 1. The molecule has 96 valence electrons. The first-order valence-electron chi connectivity index (χ1n) is 5.30. The SMILES string of the molecule is N=C(N=C(N)N)SCC1Cc2cc(F)ccc2O1. The van der Waals surface area contributed by atoms with Crippen molar-refractivity contribution < 1.29 is 9.13 Å². The molecule has 0 saturated heterocycles. The molecule has 0 fully saturated rings. The number of rotatable bonds is 2. The van der Waals surface area contributed by atoms with Gasteiger partial charge in [-0.2, -0.15) is 4.99 Å². The van der Waals surface area contributed by atoms with Crippen LogP contribution in [0.25, 0.3) is 0 Å². The lowest BCUT2D eigenvalue weighted by molar-refractivity contribution is 0.259. The average Bonchev–Trinajstić information content (AvgIpc) is 2.67. The van der Waals surface area contributed by atoms with Gasteiger partial charge in [0, 0.05) is 17.7 Å². The number of halogens is 1. The monoisotopic (exact) mass is 268 g/mol. The largest absolute Gasteiger partial charge is 0.489 e. The van der Waals surface area contributed by atoms with E-state index in [1.165, 1.54) is 23.9 Å². The van der Waals surface area contributed by atoms with Crippen LogP contribution < -0.4 is 16.2 Å². The number of aliphatic imine (C=N–C) groups is 1. The molecule has 0 radical (unpaired) electrons. The van der Waals surface area contributed by atoms with Crippen molar-refractivity contribution >= 4 is 22.9 Å². The van der Waals surface area contributed by atoms with E-state index in [0.29, 0.717) is 17.9 Å². The Morgan fingerprint density at radius 1 is 1.56 bits per heavy atom. The molecule has 0 aromatic heterocycles. The summed E-state index contributed by atoms with van der Waals surface area (Å²) in [6.45, 7) is 0. The quantitative estimate of drug-likeness (QED) is 0.552. The summed E-state index contributed by atoms with van der Waals surface area (Å²) in [4.78, 5) is 3.60. The molecule has 2 rings (SSSR count). The van der Waals surface area contributed by atoms with Gasteiger partial charge in [0.15, 0.2) is 11.1 Å². The second-order valence-electron chi connectivity index (χ2n) is 3.85. The Morgan fingerprint density at radius 2 is 2.33 bits per heavy atom. The highest BCUT2D eigenvalue weighted by molar-refractivity contribution is 8.13. The van der Waals surface area contributed by atoms with E-state index in [1.807, 2.05) is 0 Å². The minimum Gasteiger partial charge on any atom is -0.489 e. The summed E-state index contributed by atoms with van der Waals surface area (Å²) < 4.78 is 18.6. The van der Waals surface area contributed by atoms with Crippen LogP contribution in [0.1, 0.15) is 5.56 Å². The maximum Gasteiger partial charge on any atom is 0.193 e. The third-order valence-corrected chi connectivity index (χ3v) is 3.30. The lowest BCUT2D eigenvalue weighted by Crippen LogP contribution is -2.24. The first-order chi connectivity index (χ1) is 8.54. The van der Waals surface area contributed by atoms with Crippen LogP contribution >= 0.6 is 11.8 Å². The molecule has 1 unspecified atom stereocenters. The third kappa shape index (κ3) is 3.13. The predicted octanol–water partition coefficient (Wildman–Crippen LogP) is 1.07. The molecule has 5 N–H and O–H groups in total. The maximum absolute atomic E-state index is 13.0. The zero-order valence-electron chi connectivity index (χ0n) is 9.52. The van der Waals surface area contributed by atoms with Gasteiger partial charge in [-0.25, -0.2) is 4.39 Å². The predicted molar refractivity (Wildman–Crippen MR) is 70.5 cm³/mol. The molecule has 1 atom stereocenters. The summed E-state index contributed by atoms with van der Waals surface area (Å²) in [6, 6.07) is 4.47. The highest BCUT2D eigenvalue weighted by Gasteiger charge is 2.23. The van der Waals surface area contributed by atoms with Crippen LogP contribution in [-0.2, 0) is 6.42 Å². The fourth-order valence-electron chi connectivity index (χ4n) is 1.70. The fraction of sp³-hybridized carbons (Fsp3) is 0.273. The molecule has 0 amide bonds. The summed E-state index contributed by atoms with van der Waals surface area (Å²) in [5.41, 5.74) is 11.2. The first kappa shape index (κ1) is 12.7. The zero-order chi connectivity index (χ0) is 13.1. The third-order valence-electron chi connectivity index (χ3n) is 2.40. The molecule has 1 heterocycles. The Morgan fingerprint density at radius 3 is 3.06 bits per heavy atom. The second kappa shape index (κ2) is 5.26. The van der Waals surface area contributed by atoms with Gasteiger partial charge in [0.25, 0.3) is 0 Å². The van der Waals surface area contributed by atoms with E-state index < -0.39 is 0 Å². The molecule has 0 saturated carbocycles. The minimum atomic E-state index is -0.265. The first-order valence-corrected chi connectivity index (χ1v) is 6.29. The standard InChI is InChI=1S/C11H13FN4OS/c12-7-1-2-9-6(3-7)4-8(17-9)5-18-11(15)16-10(13)14/h1-3,8H,4-5H2,(H5,13,14,15,16). The summed E-state index contributed by atoms with van der Waals surface area (Å²) in [6.07, 6.45) is 0.552. The molecular weight excluding hydrogens is 255 g/mol. The zero-order valence-corrected chi connectivity index (χ0v) is 10.3. The maximum atomic E-state index is 13.0. The van der Waals surface area contributed by atoms with Gasteiger partial charge in [0.05, 0.1) is 0 Å². The van der Waals surface area contributed by atoms with Crippen LogP contribution in [-0.4, -0.2) is 23.0 Å². The summed E-state index contributed by atoms with van der Waals surface area (Å²) in [7, 11) is 0. The summed E-state index contributed by atoms with van der Waals surface area (Å²) in [5.74, 6) is 0.853. The van der Waals surface area contributed by atoms with Gasteiger partial charge in [-0.1, -0.05) is 11.8 Å². The number of thioether (sulfide) groups is 1. The highest BCUT2D eigenvalue weighted by atomic mass is 32.2. The van der Waals surface area contributed by atoms with Crippen LogP contribution in [0.5, 0.6) is 5.75 Å². The van der Waals surface area contributed by atoms with Gasteiger partial charge in [-0.15, -0.1) is 0 Å². The number of amidine groups is 1. The van der Waals surface area contributed by atoms with E-state index in [-0.39, 0.29) is 23.0 Å². The van der Waals surface area contributed by atoms with Crippen LogP contribution in [0.4, 0.5) is 4.39 Å². The molecule has 5 nitrogen and oxygen atoms in total. The van der Waals surface area contributed by atoms with Gasteiger partial charge in [-0.05, 0) is 18.2 Å². The number of ether oxygens (including phenoxy) is 1.